The van der Waals surface area contributed by atoms with Crippen LogP contribution in [0.4, 0.5) is 0 Å². The van der Waals surface area contributed by atoms with Crippen molar-refractivity contribution in [3.8, 4) is 11.5 Å². The van der Waals surface area contributed by atoms with Crippen LogP contribution in [0, 0.1) is 0 Å². The third kappa shape index (κ3) is 3.10. The average molecular weight is 310 g/mol. The molecule has 5 heteroatoms. The van der Waals surface area contributed by atoms with E-state index in [2.05, 4.69) is 0 Å². The van der Waals surface area contributed by atoms with Crippen molar-refractivity contribution in [3.05, 3.63) is 24.3 Å². The van der Waals surface area contributed by atoms with E-state index in [0.717, 1.165) is 32.2 Å². The number of hydrogen-bond donors (Lipinski definition) is 0. The molecule has 2 unspecified atom stereocenters. The van der Waals surface area contributed by atoms with Gasteiger partial charge in [0.05, 0.1) is 0 Å². The van der Waals surface area contributed by atoms with Crippen molar-refractivity contribution in [1.29, 1.82) is 0 Å². The lowest BCUT2D eigenvalue weighted by atomic mass is 10.1. The van der Waals surface area contributed by atoms with Crippen molar-refractivity contribution in [1.82, 2.24) is 4.90 Å². The van der Waals surface area contributed by atoms with E-state index in [4.69, 9.17) is 21.1 Å². The van der Waals surface area contributed by atoms with Gasteiger partial charge in [0.25, 0.3) is 5.91 Å². The van der Waals surface area contributed by atoms with Gasteiger partial charge >= 0.3 is 0 Å². The van der Waals surface area contributed by atoms with Gasteiger partial charge < -0.3 is 14.4 Å². The van der Waals surface area contributed by atoms with E-state index in [9.17, 15) is 4.79 Å². The van der Waals surface area contributed by atoms with E-state index >= 15 is 0 Å². The van der Waals surface area contributed by atoms with Gasteiger partial charge in [-0.2, -0.15) is 0 Å². The Labute approximate surface area is 130 Å². The summed E-state index contributed by atoms with van der Waals surface area (Å²) in [5, 5.41) is 0. The highest BCUT2D eigenvalue weighted by atomic mass is 35.5. The van der Waals surface area contributed by atoms with Crippen LogP contribution in [0.25, 0.3) is 0 Å². The Balaban J connectivity index is 1.66. The number of amides is 1. The van der Waals surface area contributed by atoms with Crippen molar-refractivity contribution in [3.63, 3.8) is 0 Å². The Morgan fingerprint density at radius 1 is 1.33 bits per heavy atom. The van der Waals surface area contributed by atoms with Gasteiger partial charge in [-0.3, -0.25) is 4.79 Å². The van der Waals surface area contributed by atoms with Crippen LogP contribution in [0.1, 0.15) is 25.7 Å². The lowest BCUT2D eigenvalue weighted by Crippen LogP contribution is -2.48. The number of fused-ring (bicyclic) bond motifs is 1. The second kappa shape index (κ2) is 6.56. The quantitative estimate of drug-likeness (QED) is 0.803. The summed E-state index contributed by atoms with van der Waals surface area (Å²) in [5.74, 6) is 2.05. The minimum absolute atomic E-state index is 0.0431. The standard InChI is InChI=1S/C16H20ClNO3/c17-9-3-5-12-6-4-10-18(12)16(19)15-11-20-13-7-1-2-8-14(13)21-15/h1-2,7-8,12,15H,3-6,9-11H2. The van der Waals surface area contributed by atoms with Crippen LogP contribution >= 0.6 is 11.6 Å². The first-order valence-corrected chi connectivity index (χ1v) is 8.08. The Kier molecular flexibility index (Phi) is 4.54. The van der Waals surface area contributed by atoms with Gasteiger partial charge in [0.15, 0.2) is 11.5 Å². The van der Waals surface area contributed by atoms with Gasteiger partial charge in [0.1, 0.15) is 6.61 Å². The fourth-order valence-electron chi connectivity index (χ4n) is 3.06. The molecule has 0 aromatic heterocycles. The summed E-state index contributed by atoms with van der Waals surface area (Å²) >= 11 is 5.76. The lowest BCUT2D eigenvalue weighted by Gasteiger charge is -2.31. The van der Waals surface area contributed by atoms with Crippen LogP contribution in [0.3, 0.4) is 0 Å². The lowest BCUT2D eigenvalue weighted by molar-refractivity contribution is -0.142. The Morgan fingerprint density at radius 2 is 2.14 bits per heavy atom. The molecule has 1 saturated heterocycles. The van der Waals surface area contributed by atoms with E-state index in [1.807, 2.05) is 29.2 Å². The van der Waals surface area contributed by atoms with Crippen molar-refractivity contribution in [2.45, 2.75) is 37.8 Å². The van der Waals surface area contributed by atoms with Crippen LogP contribution in [0.15, 0.2) is 24.3 Å². The molecule has 4 nitrogen and oxygen atoms in total. The molecule has 2 aliphatic rings. The number of hydrogen-bond acceptors (Lipinski definition) is 3. The Morgan fingerprint density at radius 3 is 2.95 bits per heavy atom. The molecule has 2 aliphatic heterocycles. The largest absolute Gasteiger partial charge is 0.485 e. The molecule has 0 radical (unpaired) electrons. The smallest absolute Gasteiger partial charge is 0.267 e. The molecule has 1 fully saturated rings. The number of benzene rings is 1. The van der Waals surface area contributed by atoms with Gasteiger partial charge in [-0.1, -0.05) is 12.1 Å². The number of rotatable bonds is 4. The molecule has 0 spiro atoms. The number of halogens is 1. The monoisotopic (exact) mass is 309 g/mol. The minimum Gasteiger partial charge on any atom is -0.485 e. The summed E-state index contributed by atoms with van der Waals surface area (Å²) in [6, 6.07) is 7.78. The van der Waals surface area contributed by atoms with Crippen molar-refractivity contribution >= 4 is 17.5 Å². The summed E-state index contributed by atoms with van der Waals surface area (Å²) in [7, 11) is 0. The van der Waals surface area contributed by atoms with Crippen LogP contribution in [0.5, 0.6) is 11.5 Å². The number of carbonyl (C=O) groups is 1. The summed E-state index contributed by atoms with van der Waals surface area (Å²) in [6.07, 6.45) is 3.51. The second-order valence-corrected chi connectivity index (χ2v) is 5.90. The van der Waals surface area contributed by atoms with Crippen molar-refractivity contribution in [2.75, 3.05) is 19.0 Å². The average Bonchev–Trinajstić information content (AvgIpc) is 3.00. The molecule has 0 bridgehead atoms. The van der Waals surface area contributed by atoms with Gasteiger partial charge in [-0.25, -0.2) is 0 Å². The summed E-state index contributed by atoms with van der Waals surface area (Å²) < 4.78 is 11.5. The molecular weight excluding hydrogens is 290 g/mol. The maximum absolute atomic E-state index is 12.7. The number of para-hydroxylation sites is 2. The summed E-state index contributed by atoms with van der Waals surface area (Å²) in [6.45, 7) is 1.10. The highest BCUT2D eigenvalue weighted by Crippen LogP contribution is 2.32. The first kappa shape index (κ1) is 14.5. The van der Waals surface area contributed by atoms with Crippen LogP contribution in [-0.4, -0.2) is 42.0 Å². The SMILES string of the molecule is O=C(C1COc2ccccc2O1)N1CCCC1CCCCl. The van der Waals surface area contributed by atoms with E-state index in [1.54, 1.807) is 0 Å². The zero-order valence-electron chi connectivity index (χ0n) is 12.0. The van der Waals surface area contributed by atoms with Gasteiger partial charge in [-0.05, 0) is 37.8 Å². The molecule has 0 saturated carbocycles. The summed E-state index contributed by atoms with van der Waals surface area (Å²) in [5.41, 5.74) is 0. The van der Waals surface area contributed by atoms with Crippen LogP contribution in [-0.2, 0) is 4.79 Å². The van der Waals surface area contributed by atoms with Gasteiger partial charge in [-0.15, -0.1) is 11.6 Å². The molecule has 3 rings (SSSR count). The number of nitrogens with zero attached hydrogens (tertiary/aromatic N) is 1. The van der Waals surface area contributed by atoms with E-state index in [1.165, 1.54) is 0 Å². The van der Waals surface area contributed by atoms with Crippen LogP contribution < -0.4 is 9.47 Å². The third-order valence-electron chi connectivity index (χ3n) is 4.12. The maximum Gasteiger partial charge on any atom is 0.267 e. The number of ether oxygens (including phenoxy) is 2. The molecule has 114 valence electrons. The maximum atomic E-state index is 12.7. The predicted octanol–water partition coefficient (Wildman–Crippen LogP) is 2.84. The number of carbonyl (C=O) groups excluding carboxylic acids is 1. The molecular formula is C16H20ClNO3. The minimum atomic E-state index is -0.531. The highest BCUT2D eigenvalue weighted by molar-refractivity contribution is 6.17. The molecule has 2 atom stereocenters. The van der Waals surface area contributed by atoms with Crippen molar-refractivity contribution in [2.24, 2.45) is 0 Å². The van der Waals surface area contributed by atoms with Gasteiger partial charge in [0.2, 0.25) is 6.10 Å². The number of alkyl halides is 1. The predicted molar refractivity (Wildman–Crippen MR) is 81.0 cm³/mol. The fraction of sp³-hybridized carbons (Fsp3) is 0.562. The van der Waals surface area contributed by atoms with E-state index in [0.29, 0.717) is 23.4 Å². The van der Waals surface area contributed by atoms with Crippen molar-refractivity contribution < 1.29 is 14.3 Å². The zero-order valence-corrected chi connectivity index (χ0v) is 12.7. The molecule has 1 aromatic carbocycles. The summed E-state index contributed by atoms with van der Waals surface area (Å²) in [4.78, 5) is 14.6. The topological polar surface area (TPSA) is 38.8 Å². The van der Waals surface area contributed by atoms with Crippen LogP contribution in [0.2, 0.25) is 0 Å². The van der Waals surface area contributed by atoms with Gasteiger partial charge in [0, 0.05) is 18.5 Å². The molecule has 1 aromatic rings. The highest BCUT2D eigenvalue weighted by Gasteiger charge is 2.36. The Hall–Kier alpha value is -1.42. The molecule has 2 heterocycles. The normalized spacial score (nSPS) is 24.1. The Bertz CT molecular complexity index is 508. The zero-order chi connectivity index (χ0) is 14.7. The first-order valence-electron chi connectivity index (χ1n) is 7.54. The third-order valence-corrected chi connectivity index (χ3v) is 4.38. The van der Waals surface area contributed by atoms with E-state index < -0.39 is 6.10 Å². The number of likely N-dealkylation sites (tertiary alicyclic amines) is 1. The van der Waals surface area contributed by atoms with E-state index in [-0.39, 0.29) is 12.5 Å². The second-order valence-electron chi connectivity index (χ2n) is 5.52. The molecule has 1 amide bonds. The fourth-order valence-corrected chi connectivity index (χ4v) is 3.22. The molecule has 0 aliphatic carbocycles. The molecule has 21 heavy (non-hydrogen) atoms. The molecule has 0 N–H and O–H groups in total. The first-order chi connectivity index (χ1) is 10.3.